The van der Waals surface area contributed by atoms with Gasteiger partial charge in [-0.1, -0.05) is 18.2 Å². The molecule has 0 aliphatic rings. The molecule has 0 heterocycles. The molecule has 0 atom stereocenters. The summed E-state index contributed by atoms with van der Waals surface area (Å²) in [5.41, 5.74) is 3.50. The number of carbonyl (C=O) groups is 2. The number of rotatable bonds is 6. The fourth-order valence-electron chi connectivity index (χ4n) is 2.64. The van der Waals surface area contributed by atoms with Crippen LogP contribution in [0, 0.1) is 9.39 Å². The van der Waals surface area contributed by atoms with E-state index in [-0.39, 0.29) is 22.6 Å². The van der Waals surface area contributed by atoms with Crippen molar-refractivity contribution in [2.24, 2.45) is 5.10 Å². The molecule has 158 valence electrons. The van der Waals surface area contributed by atoms with Crippen LogP contribution in [0.25, 0.3) is 0 Å². The highest BCUT2D eigenvalue weighted by Crippen LogP contribution is 2.31. The Labute approximate surface area is 191 Å². The van der Waals surface area contributed by atoms with Crippen LogP contribution in [0.4, 0.5) is 10.1 Å². The molecule has 3 rings (SSSR count). The molecule has 0 unspecified atom stereocenters. The molecule has 0 aromatic heterocycles. The number of ether oxygens (including phenoxy) is 1. The number of hydrogen-bond acceptors (Lipinski definition) is 5. The number of nitrogens with zero attached hydrogens (tertiary/aromatic N) is 1. The Bertz CT molecular complexity index is 1170. The first kappa shape index (κ1) is 22.2. The topological polar surface area (TPSA) is 100 Å². The summed E-state index contributed by atoms with van der Waals surface area (Å²) in [4.78, 5) is 24.6. The van der Waals surface area contributed by atoms with E-state index >= 15 is 0 Å². The minimum atomic E-state index is -0.635. The Balaban J connectivity index is 1.68. The number of hydrogen-bond donors (Lipinski definition) is 3. The maximum Gasteiger partial charge on any atom is 0.271 e. The number of halogens is 2. The maximum atomic E-state index is 13.8. The molecule has 0 saturated heterocycles. The third kappa shape index (κ3) is 5.57. The van der Waals surface area contributed by atoms with E-state index in [4.69, 9.17) is 4.74 Å². The highest BCUT2D eigenvalue weighted by atomic mass is 127. The van der Waals surface area contributed by atoms with Crippen LogP contribution in [0.3, 0.4) is 0 Å². The van der Waals surface area contributed by atoms with Gasteiger partial charge in [-0.15, -0.1) is 0 Å². The van der Waals surface area contributed by atoms with Gasteiger partial charge in [0.25, 0.3) is 11.8 Å². The quantitative estimate of drug-likeness (QED) is 0.252. The number of nitrogens with one attached hydrogen (secondary N) is 2. The molecular formula is C22H17FIN3O4. The SMILES string of the molecule is COc1cc(/C=N\NC(=O)c2cccc(NC(=O)c3ccccc3F)c2)cc(I)c1O. The molecule has 2 amide bonds. The number of carbonyl (C=O) groups excluding carboxylic acids is 2. The van der Waals surface area contributed by atoms with E-state index in [0.29, 0.717) is 14.8 Å². The number of hydrazone groups is 1. The van der Waals surface area contributed by atoms with Crippen LogP contribution in [-0.4, -0.2) is 30.2 Å². The highest BCUT2D eigenvalue weighted by molar-refractivity contribution is 14.1. The van der Waals surface area contributed by atoms with Crippen molar-refractivity contribution in [1.29, 1.82) is 0 Å². The monoisotopic (exact) mass is 533 g/mol. The van der Waals surface area contributed by atoms with Gasteiger partial charge in [0.15, 0.2) is 11.5 Å². The van der Waals surface area contributed by atoms with Crippen molar-refractivity contribution in [2.75, 3.05) is 12.4 Å². The summed E-state index contributed by atoms with van der Waals surface area (Å²) in [6.45, 7) is 0. The summed E-state index contributed by atoms with van der Waals surface area (Å²) in [5.74, 6) is -1.44. The summed E-state index contributed by atoms with van der Waals surface area (Å²) in [6.07, 6.45) is 1.41. The lowest BCUT2D eigenvalue weighted by Crippen LogP contribution is -2.18. The van der Waals surface area contributed by atoms with E-state index in [1.165, 1.54) is 37.6 Å². The summed E-state index contributed by atoms with van der Waals surface area (Å²) in [5, 5.41) is 16.3. The minimum absolute atomic E-state index is 0.0264. The van der Waals surface area contributed by atoms with Crippen molar-refractivity contribution in [2.45, 2.75) is 0 Å². The van der Waals surface area contributed by atoms with Gasteiger partial charge in [-0.25, -0.2) is 9.82 Å². The van der Waals surface area contributed by atoms with Crippen LogP contribution in [-0.2, 0) is 0 Å². The third-order valence-electron chi connectivity index (χ3n) is 4.15. The van der Waals surface area contributed by atoms with E-state index in [0.717, 1.165) is 0 Å². The number of anilines is 1. The van der Waals surface area contributed by atoms with Crippen molar-refractivity contribution < 1.29 is 23.8 Å². The summed E-state index contributed by atoms with van der Waals surface area (Å²) < 4.78 is 19.4. The van der Waals surface area contributed by atoms with Gasteiger partial charge < -0.3 is 15.2 Å². The third-order valence-corrected chi connectivity index (χ3v) is 4.97. The van der Waals surface area contributed by atoms with E-state index in [2.05, 4.69) is 15.8 Å². The van der Waals surface area contributed by atoms with Gasteiger partial charge in [0.1, 0.15) is 5.82 Å². The summed E-state index contributed by atoms with van der Waals surface area (Å²) >= 11 is 1.96. The second-order valence-corrected chi connectivity index (χ2v) is 7.43. The van der Waals surface area contributed by atoms with Crippen LogP contribution >= 0.6 is 22.6 Å². The zero-order chi connectivity index (χ0) is 22.4. The number of benzene rings is 3. The standard InChI is InChI=1S/C22H17FIN3O4/c1-31-19-10-13(9-18(24)20(19)28)12-25-27-21(29)14-5-4-6-15(11-14)26-22(30)16-7-2-3-8-17(16)23/h2-12,28H,1H3,(H,26,30)(H,27,29)/b25-12-. The van der Waals surface area contributed by atoms with Gasteiger partial charge in [-0.3, -0.25) is 9.59 Å². The van der Waals surface area contributed by atoms with Crippen molar-refractivity contribution in [1.82, 2.24) is 5.43 Å². The molecule has 0 aliphatic carbocycles. The van der Waals surface area contributed by atoms with E-state index in [9.17, 15) is 19.1 Å². The molecule has 0 saturated carbocycles. The van der Waals surface area contributed by atoms with Crippen molar-refractivity contribution in [3.05, 3.63) is 86.7 Å². The number of phenolic OH excluding ortho intramolecular Hbond substituents is 1. The van der Waals surface area contributed by atoms with Crippen LogP contribution < -0.4 is 15.5 Å². The second kappa shape index (κ2) is 10.0. The Morgan fingerprint density at radius 1 is 1.10 bits per heavy atom. The molecule has 0 spiro atoms. The van der Waals surface area contributed by atoms with Crippen LogP contribution in [0.2, 0.25) is 0 Å². The smallest absolute Gasteiger partial charge is 0.271 e. The number of aromatic hydroxyl groups is 1. The lowest BCUT2D eigenvalue weighted by molar-refractivity contribution is 0.0953. The molecule has 3 N–H and O–H groups in total. The first-order valence-corrected chi connectivity index (χ1v) is 10.0. The average molecular weight is 533 g/mol. The highest BCUT2D eigenvalue weighted by Gasteiger charge is 2.12. The Hall–Kier alpha value is -3.47. The Morgan fingerprint density at radius 2 is 1.87 bits per heavy atom. The molecule has 0 radical (unpaired) electrons. The fraction of sp³-hybridized carbons (Fsp3) is 0.0455. The molecule has 0 fully saturated rings. The lowest BCUT2D eigenvalue weighted by Gasteiger charge is -2.08. The van der Waals surface area contributed by atoms with Crippen molar-refractivity contribution >= 4 is 46.3 Å². The van der Waals surface area contributed by atoms with Gasteiger partial charge in [-0.05, 0) is 70.6 Å². The Morgan fingerprint density at radius 3 is 2.61 bits per heavy atom. The molecule has 9 heteroatoms. The minimum Gasteiger partial charge on any atom is -0.504 e. The number of phenols is 1. The molecule has 3 aromatic rings. The van der Waals surface area contributed by atoms with E-state index < -0.39 is 17.6 Å². The zero-order valence-electron chi connectivity index (χ0n) is 16.2. The first-order valence-electron chi connectivity index (χ1n) is 8.95. The normalized spacial score (nSPS) is 10.7. The molecule has 3 aromatic carbocycles. The van der Waals surface area contributed by atoms with Gasteiger partial charge in [-0.2, -0.15) is 5.10 Å². The van der Waals surface area contributed by atoms with Gasteiger partial charge in [0.2, 0.25) is 0 Å². The number of methoxy groups -OCH3 is 1. The van der Waals surface area contributed by atoms with Crippen LogP contribution in [0.5, 0.6) is 11.5 Å². The van der Waals surface area contributed by atoms with Crippen LogP contribution in [0.15, 0.2) is 65.8 Å². The average Bonchev–Trinajstić information content (AvgIpc) is 2.76. The lowest BCUT2D eigenvalue weighted by atomic mass is 10.1. The zero-order valence-corrected chi connectivity index (χ0v) is 18.4. The van der Waals surface area contributed by atoms with Gasteiger partial charge in [0.05, 0.1) is 22.5 Å². The summed E-state index contributed by atoms with van der Waals surface area (Å²) in [7, 11) is 1.44. The van der Waals surface area contributed by atoms with Crippen LogP contribution in [0.1, 0.15) is 26.3 Å². The summed E-state index contributed by atoms with van der Waals surface area (Å²) in [6, 6.07) is 15.0. The fourth-order valence-corrected chi connectivity index (χ4v) is 3.26. The van der Waals surface area contributed by atoms with Gasteiger partial charge in [0, 0.05) is 11.3 Å². The Kier molecular flexibility index (Phi) is 7.19. The molecular weight excluding hydrogens is 516 g/mol. The predicted octanol–water partition coefficient (Wildman–Crippen LogP) is 4.16. The van der Waals surface area contributed by atoms with Gasteiger partial charge >= 0.3 is 0 Å². The molecule has 31 heavy (non-hydrogen) atoms. The molecule has 0 bridgehead atoms. The predicted molar refractivity (Wildman–Crippen MR) is 123 cm³/mol. The first-order chi connectivity index (χ1) is 14.9. The van der Waals surface area contributed by atoms with Crippen molar-refractivity contribution in [3.63, 3.8) is 0 Å². The molecule has 7 nitrogen and oxygen atoms in total. The van der Waals surface area contributed by atoms with E-state index in [1.807, 2.05) is 22.6 Å². The van der Waals surface area contributed by atoms with Crippen molar-refractivity contribution in [3.8, 4) is 11.5 Å². The maximum absolute atomic E-state index is 13.8. The van der Waals surface area contributed by atoms with E-state index in [1.54, 1.807) is 36.4 Å². The second-order valence-electron chi connectivity index (χ2n) is 6.27. The largest absolute Gasteiger partial charge is 0.504 e. The number of amides is 2. The molecule has 0 aliphatic heterocycles.